The fraction of sp³-hybridized carbons (Fsp3) is 0.500. The highest BCUT2D eigenvalue weighted by molar-refractivity contribution is 5.91. The lowest BCUT2D eigenvalue weighted by atomic mass is 9.81. The fourth-order valence-corrected chi connectivity index (χ4v) is 5.79. The van der Waals surface area contributed by atoms with Gasteiger partial charge in [0.25, 0.3) is 0 Å². The lowest BCUT2D eigenvalue weighted by Crippen LogP contribution is -2.28. The van der Waals surface area contributed by atoms with Crippen LogP contribution in [0.25, 0.3) is 0 Å². The molecule has 2 aromatic rings. The van der Waals surface area contributed by atoms with E-state index in [0.29, 0.717) is 11.8 Å². The van der Waals surface area contributed by atoms with Gasteiger partial charge in [-0.15, -0.1) is 0 Å². The first kappa shape index (κ1) is 22.8. The van der Waals surface area contributed by atoms with Gasteiger partial charge in [-0.05, 0) is 79.0 Å². The number of nitrogens with zero attached hydrogens (tertiary/aromatic N) is 2. The lowest BCUT2D eigenvalue weighted by Gasteiger charge is -2.27. The smallest absolute Gasteiger partial charge is 0.122 e. The second kappa shape index (κ2) is 10.5. The summed E-state index contributed by atoms with van der Waals surface area (Å²) in [7, 11) is 3.48. The van der Waals surface area contributed by atoms with Crippen LogP contribution in [0.4, 0.5) is 0 Å². The first-order valence-corrected chi connectivity index (χ1v) is 12.7. The van der Waals surface area contributed by atoms with E-state index >= 15 is 0 Å². The number of ether oxygens (including phenoxy) is 2. The number of amidine groups is 2. The molecule has 4 aliphatic rings. The van der Waals surface area contributed by atoms with Gasteiger partial charge in [-0.1, -0.05) is 18.2 Å². The van der Waals surface area contributed by atoms with E-state index in [1.807, 2.05) is 0 Å². The summed E-state index contributed by atoms with van der Waals surface area (Å²) in [5.74, 6) is 5.30. The van der Waals surface area contributed by atoms with E-state index in [0.717, 1.165) is 50.5 Å². The molecule has 2 unspecified atom stereocenters. The Balaban J connectivity index is 0.000000142. The minimum atomic E-state index is 0.455. The Morgan fingerprint density at radius 2 is 1.50 bits per heavy atom. The van der Waals surface area contributed by atoms with Crippen molar-refractivity contribution in [2.24, 2.45) is 9.98 Å². The van der Waals surface area contributed by atoms with Gasteiger partial charge in [0.1, 0.15) is 23.2 Å². The van der Waals surface area contributed by atoms with E-state index < -0.39 is 0 Å². The molecule has 0 fully saturated rings. The van der Waals surface area contributed by atoms with Crippen LogP contribution in [0.3, 0.4) is 0 Å². The molecule has 0 bridgehead atoms. The molecule has 2 heterocycles. The Kier molecular flexibility index (Phi) is 7.02. The third-order valence-corrected chi connectivity index (χ3v) is 7.41. The van der Waals surface area contributed by atoms with Crippen molar-refractivity contribution in [3.63, 3.8) is 0 Å². The molecule has 180 valence electrons. The van der Waals surface area contributed by atoms with E-state index in [1.165, 1.54) is 59.6 Å². The molecule has 2 atom stereocenters. The minimum Gasteiger partial charge on any atom is -0.497 e. The largest absolute Gasteiger partial charge is 0.497 e. The number of aliphatic imine (C=N–C) groups is 2. The van der Waals surface area contributed by atoms with Crippen LogP contribution in [0.5, 0.6) is 11.5 Å². The lowest BCUT2D eigenvalue weighted by molar-refractivity contribution is 0.405. The molecular formula is C28H36N4O2. The van der Waals surface area contributed by atoms with Crippen molar-refractivity contribution < 1.29 is 9.47 Å². The molecule has 0 aromatic heterocycles. The normalized spacial score (nSPS) is 22.6. The van der Waals surface area contributed by atoms with Crippen molar-refractivity contribution in [1.82, 2.24) is 10.6 Å². The average Bonchev–Trinajstić information content (AvgIpc) is 3.62. The number of rotatable bonds is 4. The van der Waals surface area contributed by atoms with Gasteiger partial charge in [0.2, 0.25) is 0 Å². The van der Waals surface area contributed by atoms with Gasteiger partial charge in [0, 0.05) is 24.9 Å². The standard InChI is InChI=1S/2C14H18N2O/c1-17-13-7-3-4-10-11(13)5-2-6-12(10)14-15-8-9-16-14;1-17-11-5-6-12-10(9-11)3-2-4-13(12)14-15-7-8-16-14/h3-4,7,12H,2,5-6,8-9H2,1H3,(H,15,16);5-6,9,13H,2-4,7-8H2,1H3,(H,15,16). The molecule has 2 aliphatic carbocycles. The van der Waals surface area contributed by atoms with Crippen LogP contribution in [0.2, 0.25) is 0 Å². The van der Waals surface area contributed by atoms with Crippen LogP contribution < -0.4 is 20.1 Å². The zero-order chi connectivity index (χ0) is 23.3. The number of fused-ring (bicyclic) bond motifs is 2. The SMILES string of the molecule is COc1ccc2c(c1)CCCC2C1=NCCN1.COc1cccc2c1CCCC2C1=NCCN1. The second-order valence-corrected chi connectivity index (χ2v) is 9.37. The van der Waals surface area contributed by atoms with E-state index in [1.54, 1.807) is 14.2 Å². The van der Waals surface area contributed by atoms with Crippen LogP contribution in [0, 0.1) is 0 Å². The van der Waals surface area contributed by atoms with Crippen LogP contribution in [-0.4, -0.2) is 52.1 Å². The third kappa shape index (κ3) is 4.63. The molecular weight excluding hydrogens is 424 g/mol. The molecule has 2 aromatic carbocycles. The van der Waals surface area contributed by atoms with Gasteiger partial charge in [-0.3, -0.25) is 9.98 Å². The highest BCUT2D eigenvalue weighted by atomic mass is 16.5. The third-order valence-electron chi connectivity index (χ3n) is 7.41. The number of nitrogens with one attached hydrogen (secondary N) is 2. The maximum absolute atomic E-state index is 5.46. The van der Waals surface area contributed by atoms with Crippen molar-refractivity contribution in [3.8, 4) is 11.5 Å². The molecule has 2 N–H and O–H groups in total. The summed E-state index contributed by atoms with van der Waals surface area (Å²) < 4.78 is 10.8. The summed E-state index contributed by atoms with van der Waals surface area (Å²) in [5.41, 5.74) is 5.65. The maximum Gasteiger partial charge on any atom is 0.122 e. The minimum absolute atomic E-state index is 0.455. The quantitative estimate of drug-likeness (QED) is 0.717. The summed E-state index contributed by atoms with van der Waals surface area (Å²) in [6.45, 7) is 3.84. The first-order chi connectivity index (χ1) is 16.8. The summed E-state index contributed by atoms with van der Waals surface area (Å²) in [6, 6.07) is 12.8. The predicted molar refractivity (Wildman–Crippen MR) is 138 cm³/mol. The van der Waals surface area contributed by atoms with E-state index in [2.05, 4.69) is 57.0 Å². The maximum atomic E-state index is 5.46. The number of aryl methyl sites for hydroxylation is 1. The highest BCUT2D eigenvalue weighted by Crippen LogP contribution is 2.37. The zero-order valence-corrected chi connectivity index (χ0v) is 20.4. The monoisotopic (exact) mass is 460 g/mol. The summed E-state index contributed by atoms with van der Waals surface area (Å²) in [4.78, 5) is 9.15. The van der Waals surface area contributed by atoms with Crippen molar-refractivity contribution in [1.29, 1.82) is 0 Å². The van der Waals surface area contributed by atoms with Crippen LogP contribution in [-0.2, 0) is 12.8 Å². The molecule has 34 heavy (non-hydrogen) atoms. The molecule has 6 heteroatoms. The van der Waals surface area contributed by atoms with Gasteiger partial charge < -0.3 is 20.1 Å². The summed E-state index contributed by atoms with van der Waals surface area (Å²) in [6.07, 6.45) is 7.17. The van der Waals surface area contributed by atoms with Crippen molar-refractivity contribution in [2.75, 3.05) is 40.4 Å². The Labute approximate surface area is 202 Å². The molecule has 0 saturated heterocycles. The summed E-state index contributed by atoms with van der Waals surface area (Å²) in [5, 5.41) is 6.83. The molecule has 6 rings (SSSR count). The van der Waals surface area contributed by atoms with E-state index in [9.17, 15) is 0 Å². The van der Waals surface area contributed by atoms with Crippen LogP contribution in [0.1, 0.15) is 59.8 Å². The Bertz CT molecular complexity index is 1080. The Hall–Kier alpha value is -3.02. The van der Waals surface area contributed by atoms with E-state index in [4.69, 9.17) is 9.47 Å². The Morgan fingerprint density at radius 3 is 2.15 bits per heavy atom. The second-order valence-electron chi connectivity index (χ2n) is 9.37. The average molecular weight is 461 g/mol. The number of hydrogen-bond donors (Lipinski definition) is 2. The van der Waals surface area contributed by atoms with Gasteiger partial charge in [0.05, 0.1) is 27.3 Å². The van der Waals surface area contributed by atoms with Crippen LogP contribution in [0.15, 0.2) is 46.4 Å². The molecule has 0 radical (unpaired) electrons. The topological polar surface area (TPSA) is 67.2 Å². The predicted octanol–water partition coefficient (Wildman–Crippen LogP) is 4.23. The van der Waals surface area contributed by atoms with Gasteiger partial charge in [0.15, 0.2) is 0 Å². The van der Waals surface area contributed by atoms with Crippen molar-refractivity contribution in [3.05, 3.63) is 58.7 Å². The first-order valence-electron chi connectivity index (χ1n) is 12.7. The van der Waals surface area contributed by atoms with E-state index in [-0.39, 0.29) is 0 Å². The molecule has 6 nitrogen and oxygen atoms in total. The molecule has 0 amide bonds. The molecule has 2 aliphatic heterocycles. The summed E-state index contributed by atoms with van der Waals surface area (Å²) >= 11 is 0. The van der Waals surface area contributed by atoms with Crippen molar-refractivity contribution >= 4 is 11.7 Å². The van der Waals surface area contributed by atoms with Gasteiger partial charge in [-0.2, -0.15) is 0 Å². The van der Waals surface area contributed by atoms with Gasteiger partial charge >= 0.3 is 0 Å². The number of benzene rings is 2. The number of hydrogen-bond acceptors (Lipinski definition) is 6. The fourth-order valence-electron chi connectivity index (χ4n) is 5.79. The zero-order valence-electron chi connectivity index (χ0n) is 20.4. The number of methoxy groups -OCH3 is 2. The highest BCUT2D eigenvalue weighted by Gasteiger charge is 2.28. The van der Waals surface area contributed by atoms with Crippen LogP contribution >= 0.6 is 0 Å². The molecule has 0 spiro atoms. The Morgan fingerprint density at radius 1 is 0.794 bits per heavy atom. The van der Waals surface area contributed by atoms with Crippen molar-refractivity contribution in [2.45, 2.75) is 50.4 Å². The molecule has 0 saturated carbocycles. The van der Waals surface area contributed by atoms with Gasteiger partial charge in [-0.25, -0.2) is 0 Å².